The van der Waals surface area contributed by atoms with Crippen molar-refractivity contribution in [2.45, 2.75) is 57.6 Å². The Balaban J connectivity index is 3.12. The number of rotatable bonds is 8. The Morgan fingerprint density at radius 3 is 2.63 bits per heavy atom. The number of aliphatic hydroxyl groups is 1. The summed E-state index contributed by atoms with van der Waals surface area (Å²) in [5, 5.41) is 11.0. The monoisotopic (exact) mass is 305 g/mol. The van der Waals surface area contributed by atoms with Crippen molar-refractivity contribution in [2.75, 3.05) is 6.54 Å². The minimum Gasteiger partial charge on any atom is -0.391 e. The van der Waals surface area contributed by atoms with Gasteiger partial charge in [0.15, 0.2) is 0 Å². The first-order valence-corrected chi connectivity index (χ1v) is 9.00. The molecule has 1 N–H and O–H groups in total. The van der Waals surface area contributed by atoms with E-state index in [0.717, 1.165) is 19.3 Å². The van der Waals surface area contributed by atoms with Gasteiger partial charge in [-0.25, -0.2) is 8.42 Å². The first-order valence-electron chi connectivity index (χ1n) is 6.68. The van der Waals surface area contributed by atoms with Crippen molar-refractivity contribution in [1.29, 1.82) is 0 Å². The summed E-state index contributed by atoms with van der Waals surface area (Å²) in [5.74, 6) is 0. The summed E-state index contributed by atoms with van der Waals surface area (Å²) in [4.78, 5) is 0.779. The number of sulfonamides is 1. The first-order chi connectivity index (χ1) is 8.98. The van der Waals surface area contributed by atoms with Crippen molar-refractivity contribution in [3.8, 4) is 0 Å². The van der Waals surface area contributed by atoms with Crippen LogP contribution in [-0.2, 0) is 16.6 Å². The van der Waals surface area contributed by atoms with Gasteiger partial charge >= 0.3 is 0 Å². The summed E-state index contributed by atoms with van der Waals surface area (Å²) >= 11 is 1.28. The third kappa shape index (κ3) is 3.78. The molecule has 0 saturated heterocycles. The van der Waals surface area contributed by atoms with Crippen LogP contribution in [0.2, 0.25) is 0 Å². The van der Waals surface area contributed by atoms with Crippen LogP contribution in [0.1, 0.15) is 44.9 Å². The average Bonchev–Trinajstić information content (AvgIpc) is 2.87. The third-order valence-electron chi connectivity index (χ3n) is 3.25. The maximum Gasteiger partial charge on any atom is 0.244 e. The molecule has 1 atom stereocenters. The second-order valence-electron chi connectivity index (χ2n) is 4.59. The van der Waals surface area contributed by atoms with E-state index >= 15 is 0 Å². The van der Waals surface area contributed by atoms with Gasteiger partial charge in [0.1, 0.15) is 0 Å². The van der Waals surface area contributed by atoms with E-state index in [4.69, 9.17) is 0 Å². The Morgan fingerprint density at radius 2 is 2.11 bits per heavy atom. The van der Waals surface area contributed by atoms with E-state index in [9.17, 15) is 13.5 Å². The lowest BCUT2D eigenvalue weighted by Crippen LogP contribution is -2.39. The summed E-state index contributed by atoms with van der Waals surface area (Å²) in [6.45, 7) is 6.27. The molecule has 0 radical (unpaired) electrons. The maximum absolute atomic E-state index is 12.7. The van der Waals surface area contributed by atoms with Crippen LogP contribution < -0.4 is 0 Å². The van der Waals surface area contributed by atoms with Crippen LogP contribution in [0.25, 0.3) is 0 Å². The number of unbranched alkanes of at least 4 members (excludes halogenated alkanes) is 1. The van der Waals surface area contributed by atoms with Gasteiger partial charge in [0.05, 0.1) is 11.5 Å². The summed E-state index contributed by atoms with van der Waals surface area (Å²) in [6.07, 6.45) is 2.59. The van der Waals surface area contributed by atoms with Gasteiger partial charge in [-0.15, -0.1) is 11.3 Å². The van der Waals surface area contributed by atoms with Gasteiger partial charge in [0.2, 0.25) is 10.0 Å². The Hall–Kier alpha value is -0.430. The van der Waals surface area contributed by atoms with Gasteiger partial charge in [-0.1, -0.05) is 20.3 Å². The van der Waals surface area contributed by atoms with Gasteiger partial charge < -0.3 is 5.11 Å². The summed E-state index contributed by atoms with van der Waals surface area (Å²) in [5.41, 5.74) is 0. The number of hydrogen-bond donors (Lipinski definition) is 1. The molecule has 4 nitrogen and oxygen atoms in total. The normalized spacial score (nSPS) is 13.9. The van der Waals surface area contributed by atoms with E-state index in [-0.39, 0.29) is 17.5 Å². The first kappa shape index (κ1) is 16.6. The molecule has 1 aromatic heterocycles. The second-order valence-corrected chi connectivity index (χ2v) is 7.45. The van der Waals surface area contributed by atoms with Crippen molar-refractivity contribution in [1.82, 2.24) is 4.31 Å². The third-order valence-corrected chi connectivity index (χ3v) is 6.38. The Bertz CT molecular complexity index is 482. The molecule has 0 spiro atoms. The Kier molecular flexibility index (Phi) is 6.46. The standard InChI is InChI=1S/C13H23NO3S2/c1-4-6-8-14(11(3)5-2)19(16,17)13-7-9-18-12(13)10-15/h7,9,11,15H,4-6,8,10H2,1-3H3. The van der Waals surface area contributed by atoms with Gasteiger partial charge in [-0.05, 0) is 31.2 Å². The van der Waals surface area contributed by atoms with Crippen LogP contribution in [0.3, 0.4) is 0 Å². The maximum atomic E-state index is 12.7. The highest BCUT2D eigenvalue weighted by atomic mass is 32.2. The number of thiophene rings is 1. The molecular weight excluding hydrogens is 282 g/mol. The number of hydrogen-bond acceptors (Lipinski definition) is 4. The zero-order valence-electron chi connectivity index (χ0n) is 11.8. The predicted octanol–water partition coefficient (Wildman–Crippen LogP) is 2.83. The molecular formula is C13H23NO3S2. The quantitative estimate of drug-likeness (QED) is 0.803. The van der Waals surface area contributed by atoms with E-state index < -0.39 is 10.0 Å². The molecule has 1 rings (SSSR count). The molecule has 0 aliphatic rings. The molecule has 0 amide bonds. The highest BCUT2D eigenvalue weighted by molar-refractivity contribution is 7.89. The highest BCUT2D eigenvalue weighted by Crippen LogP contribution is 2.27. The van der Waals surface area contributed by atoms with Crippen molar-refractivity contribution >= 4 is 21.4 Å². The highest BCUT2D eigenvalue weighted by Gasteiger charge is 2.30. The largest absolute Gasteiger partial charge is 0.391 e. The summed E-state index contributed by atoms with van der Waals surface area (Å²) in [7, 11) is -3.50. The molecule has 0 aromatic carbocycles. The van der Waals surface area contributed by atoms with Crippen LogP contribution in [0.4, 0.5) is 0 Å². The molecule has 6 heteroatoms. The van der Waals surface area contributed by atoms with Crippen molar-refractivity contribution < 1.29 is 13.5 Å². The fraction of sp³-hybridized carbons (Fsp3) is 0.692. The molecule has 0 aliphatic heterocycles. The smallest absolute Gasteiger partial charge is 0.244 e. The molecule has 0 bridgehead atoms. The van der Waals surface area contributed by atoms with Crippen LogP contribution in [0, 0.1) is 0 Å². The van der Waals surface area contributed by atoms with Gasteiger partial charge in [0, 0.05) is 17.5 Å². The average molecular weight is 305 g/mol. The molecule has 1 aromatic rings. The van der Waals surface area contributed by atoms with E-state index in [1.165, 1.54) is 11.3 Å². The zero-order valence-corrected chi connectivity index (χ0v) is 13.4. The minimum absolute atomic E-state index is 0.0250. The topological polar surface area (TPSA) is 57.6 Å². The van der Waals surface area contributed by atoms with Crippen LogP contribution >= 0.6 is 11.3 Å². The summed E-state index contributed by atoms with van der Waals surface area (Å²) < 4.78 is 27.0. The van der Waals surface area contributed by atoms with E-state index in [0.29, 0.717) is 11.4 Å². The molecule has 19 heavy (non-hydrogen) atoms. The lowest BCUT2D eigenvalue weighted by atomic mass is 10.2. The number of nitrogens with zero attached hydrogens (tertiary/aromatic N) is 1. The van der Waals surface area contributed by atoms with Gasteiger partial charge in [-0.3, -0.25) is 0 Å². The molecule has 0 saturated carbocycles. The van der Waals surface area contributed by atoms with E-state index in [1.54, 1.807) is 15.8 Å². The lowest BCUT2D eigenvalue weighted by Gasteiger charge is -2.27. The molecule has 1 heterocycles. The Morgan fingerprint density at radius 1 is 1.42 bits per heavy atom. The fourth-order valence-corrected chi connectivity index (χ4v) is 4.91. The van der Waals surface area contributed by atoms with Gasteiger partial charge in [0.25, 0.3) is 0 Å². The van der Waals surface area contributed by atoms with Crippen LogP contribution in [0.5, 0.6) is 0 Å². The molecule has 1 unspecified atom stereocenters. The van der Waals surface area contributed by atoms with Crippen molar-refractivity contribution in [2.24, 2.45) is 0 Å². The minimum atomic E-state index is -3.50. The van der Waals surface area contributed by atoms with Crippen molar-refractivity contribution in [3.63, 3.8) is 0 Å². The SMILES string of the molecule is CCCCN(C(C)CC)S(=O)(=O)c1ccsc1CO. The van der Waals surface area contributed by atoms with Crippen molar-refractivity contribution in [3.05, 3.63) is 16.3 Å². The second kappa shape index (κ2) is 7.38. The van der Waals surface area contributed by atoms with Crippen LogP contribution in [-0.4, -0.2) is 30.4 Å². The summed E-state index contributed by atoms with van der Waals surface area (Å²) in [6, 6.07) is 1.57. The molecule has 110 valence electrons. The molecule has 0 aliphatic carbocycles. The van der Waals surface area contributed by atoms with Gasteiger partial charge in [-0.2, -0.15) is 4.31 Å². The van der Waals surface area contributed by atoms with E-state index in [1.807, 2.05) is 20.8 Å². The predicted molar refractivity (Wildman–Crippen MR) is 78.8 cm³/mol. The molecule has 0 fully saturated rings. The Labute approximate surface area is 120 Å². The lowest BCUT2D eigenvalue weighted by molar-refractivity contribution is 0.281. The number of aliphatic hydroxyl groups excluding tert-OH is 1. The fourth-order valence-electron chi connectivity index (χ4n) is 1.90. The van der Waals surface area contributed by atoms with Crippen LogP contribution in [0.15, 0.2) is 16.3 Å². The van der Waals surface area contributed by atoms with E-state index in [2.05, 4.69) is 0 Å². The zero-order chi connectivity index (χ0) is 14.5.